The highest BCUT2D eigenvalue weighted by molar-refractivity contribution is 7.85. The summed E-state index contributed by atoms with van der Waals surface area (Å²) in [5.41, 5.74) is 0. The number of carbonyl (C=O) groups is 2. The van der Waals surface area contributed by atoms with Crippen molar-refractivity contribution in [2.75, 3.05) is 12.9 Å². The summed E-state index contributed by atoms with van der Waals surface area (Å²) in [6, 6.07) is -2.25. The second kappa shape index (κ2) is 7.33. The van der Waals surface area contributed by atoms with Gasteiger partial charge in [0.2, 0.25) is 11.8 Å². The molecule has 2 unspecified atom stereocenters. The largest absolute Gasteiger partial charge is 0.389 e. The molecule has 22 heavy (non-hydrogen) atoms. The second-order valence-corrected chi connectivity index (χ2v) is 6.64. The van der Waals surface area contributed by atoms with Gasteiger partial charge in [-0.3, -0.25) is 13.8 Å². The van der Waals surface area contributed by atoms with E-state index in [0.717, 1.165) is 6.26 Å². The smallest absolute Gasteiger partial charge is 0.264 e. The average Bonchev–Trinajstić information content (AvgIpc) is 2.34. The SMILES string of the molecule is CC(=O)N[C@@H]1C(COS(C)(=O)=O)O[C@@H](O)[C@H](NC(C)=O)C1O. The molecule has 0 aliphatic carbocycles. The summed E-state index contributed by atoms with van der Waals surface area (Å²) in [5.74, 6) is -1.02. The lowest BCUT2D eigenvalue weighted by Crippen LogP contribution is -2.68. The van der Waals surface area contributed by atoms with Crippen molar-refractivity contribution in [3.05, 3.63) is 0 Å². The maximum absolute atomic E-state index is 11.2. The molecule has 1 heterocycles. The van der Waals surface area contributed by atoms with Crippen LogP contribution < -0.4 is 10.6 Å². The molecular weight excluding hydrogens is 320 g/mol. The summed E-state index contributed by atoms with van der Waals surface area (Å²) in [4.78, 5) is 22.3. The van der Waals surface area contributed by atoms with Crippen LogP contribution in [0.4, 0.5) is 0 Å². The Hall–Kier alpha value is -1.27. The zero-order valence-electron chi connectivity index (χ0n) is 12.3. The Bertz CT molecular complexity index is 522. The van der Waals surface area contributed by atoms with Crippen LogP contribution in [0.25, 0.3) is 0 Å². The van der Waals surface area contributed by atoms with E-state index in [0.29, 0.717) is 0 Å². The van der Waals surface area contributed by atoms with Crippen molar-refractivity contribution in [3.63, 3.8) is 0 Å². The van der Waals surface area contributed by atoms with Gasteiger partial charge in [-0.2, -0.15) is 8.42 Å². The molecule has 10 nitrogen and oxygen atoms in total. The van der Waals surface area contributed by atoms with Crippen molar-refractivity contribution in [1.82, 2.24) is 10.6 Å². The number of nitrogens with one attached hydrogen (secondary N) is 2. The summed E-state index contributed by atoms with van der Waals surface area (Å²) in [6.07, 6.45) is -3.27. The van der Waals surface area contributed by atoms with E-state index in [1.165, 1.54) is 13.8 Å². The summed E-state index contributed by atoms with van der Waals surface area (Å²) in [6.45, 7) is 1.87. The number of amides is 2. The fourth-order valence-corrected chi connectivity index (χ4v) is 2.48. The quantitative estimate of drug-likeness (QED) is 0.388. The van der Waals surface area contributed by atoms with E-state index in [4.69, 9.17) is 4.74 Å². The fourth-order valence-electron chi connectivity index (χ4n) is 2.10. The molecule has 0 bridgehead atoms. The van der Waals surface area contributed by atoms with Crippen LogP contribution in [0.5, 0.6) is 0 Å². The lowest BCUT2D eigenvalue weighted by molar-refractivity contribution is -0.224. The number of aliphatic hydroxyl groups is 2. The first-order chi connectivity index (χ1) is 10.0. The predicted octanol–water partition coefficient (Wildman–Crippen LogP) is -2.95. The first-order valence-corrected chi connectivity index (χ1v) is 8.23. The summed E-state index contributed by atoms with van der Waals surface area (Å²) in [7, 11) is -3.77. The summed E-state index contributed by atoms with van der Waals surface area (Å²) >= 11 is 0. The van der Waals surface area contributed by atoms with E-state index >= 15 is 0 Å². The van der Waals surface area contributed by atoms with E-state index in [1.807, 2.05) is 0 Å². The van der Waals surface area contributed by atoms with E-state index in [2.05, 4.69) is 14.8 Å². The van der Waals surface area contributed by atoms with Gasteiger partial charge in [0.25, 0.3) is 10.1 Å². The van der Waals surface area contributed by atoms with Crippen LogP contribution in [-0.4, -0.2) is 73.9 Å². The van der Waals surface area contributed by atoms with Crippen LogP contribution in [0, 0.1) is 0 Å². The Labute approximate surface area is 127 Å². The molecule has 1 aliphatic heterocycles. The Morgan fingerprint density at radius 3 is 2.09 bits per heavy atom. The molecule has 0 aromatic heterocycles. The normalized spacial score (nSPS) is 32.3. The molecule has 0 spiro atoms. The van der Waals surface area contributed by atoms with Gasteiger partial charge in [-0.05, 0) is 0 Å². The minimum Gasteiger partial charge on any atom is -0.389 e. The minimum absolute atomic E-state index is 0.505. The van der Waals surface area contributed by atoms with Gasteiger partial charge in [0.1, 0.15) is 18.2 Å². The summed E-state index contributed by atoms with van der Waals surface area (Å²) < 4.78 is 31.8. The number of aliphatic hydroxyl groups excluding tert-OH is 2. The van der Waals surface area contributed by atoms with Gasteiger partial charge < -0.3 is 25.6 Å². The maximum atomic E-state index is 11.2. The monoisotopic (exact) mass is 340 g/mol. The molecule has 11 heteroatoms. The fraction of sp³-hybridized carbons (Fsp3) is 0.818. The molecule has 0 radical (unpaired) electrons. The van der Waals surface area contributed by atoms with Crippen LogP contribution in [0.3, 0.4) is 0 Å². The van der Waals surface area contributed by atoms with Crippen molar-refractivity contribution in [3.8, 4) is 0 Å². The van der Waals surface area contributed by atoms with E-state index < -0.39 is 59.1 Å². The highest BCUT2D eigenvalue weighted by atomic mass is 32.2. The minimum atomic E-state index is -3.77. The Morgan fingerprint density at radius 1 is 1.14 bits per heavy atom. The van der Waals surface area contributed by atoms with Gasteiger partial charge >= 0.3 is 0 Å². The van der Waals surface area contributed by atoms with Crippen molar-refractivity contribution >= 4 is 21.9 Å². The van der Waals surface area contributed by atoms with E-state index in [9.17, 15) is 28.2 Å². The third-order valence-corrected chi connectivity index (χ3v) is 3.51. The molecule has 128 valence electrons. The van der Waals surface area contributed by atoms with Gasteiger partial charge in [-0.15, -0.1) is 0 Å². The standard InChI is InChI=1S/C11H20N2O8S/c1-5(14)12-8-7(4-20-22(3,18)19)21-11(17)9(10(8)16)13-6(2)15/h7-11,16-17H,4H2,1-3H3,(H,12,14)(H,13,15)/t7?,8-,9-,10?,11-/m1/s1. The number of rotatable bonds is 5. The van der Waals surface area contributed by atoms with E-state index in [-0.39, 0.29) is 0 Å². The zero-order valence-corrected chi connectivity index (χ0v) is 13.2. The third-order valence-electron chi connectivity index (χ3n) is 2.94. The second-order valence-electron chi connectivity index (χ2n) is 5.00. The molecule has 5 atom stereocenters. The molecule has 2 amide bonds. The Morgan fingerprint density at radius 2 is 1.64 bits per heavy atom. The maximum Gasteiger partial charge on any atom is 0.264 e. The molecular formula is C11H20N2O8S. The highest BCUT2D eigenvalue weighted by Gasteiger charge is 2.45. The number of hydrogen-bond acceptors (Lipinski definition) is 8. The Balaban J connectivity index is 2.91. The molecule has 1 fully saturated rings. The topological polar surface area (TPSA) is 151 Å². The molecule has 0 aromatic carbocycles. The van der Waals surface area contributed by atoms with Crippen LogP contribution in [0.15, 0.2) is 0 Å². The first kappa shape index (κ1) is 18.8. The number of ether oxygens (including phenoxy) is 1. The average molecular weight is 340 g/mol. The number of carbonyl (C=O) groups excluding carboxylic acids is 2. The van der Waals surface area contributed by atoms with Crippen LogP contribution >= 0.6 is 0 Å². The third kappa shape index (κ3) is 5.50. The van der Waals surface area contributed by atoms with Crippen molar-refractivity contribution in [1.29, 1.82) is 0 Å². The zero-order chi connectivity index (χ0) is 17.1. The molecule has 1 aliphatic rings. The van der Waals surface area contributed by atoms with E-state index in [1.54, 1.807) is 0 Å². The lowest BCUT2D eigenvalue weighted by Gasteiger charge is -2.42. The van der Waals surface area contributed by atoms with Crippen molar-refractivity contribution in [2.24, 2.45) is 0 Å². The Kier molecular flexibility index (Phi) is 6.26. The lowest BCUT2D eigenvalue weighted by atomic mass is 9.94. The van der Waals surface area contributed by atoms with Gasteiger partial charge in [0.05, 0.1) is 18.9 Å². The van der Waals surface area contributed by atoms with Gasteiger partial charge in [-0.25, -0.2) is 0 Å². The van der Waals surface area contributed by atoms with Gasteiger partial charge in [-0.1, -0.05) is 0 Å². The predicted molar refractivity (Wildman–Crippen MR) is 72.9 cm³/mol. The summed E-state index contributed by atoms with van der Waals surface area (Å²) in [5, 5.41) is 24.7. The van der Waals surface area contributed by atoms with Crippen LogP contribution in [-0.2, 0) is 28.6 Å². The van der Waals surface area contributed by atoms with Crippen LogP contribution in [0.1, 0.15) is 13.8 Å². The van der Waals surface area contributed by atoms with Gasteiger partial charge in [0.15, 0.2) is 6.29 Å². The molecule has 4 N–H and O–H groups in total. The number of hydrogen-bond donors (Lipinski definition) is 4. The van der Waals surface area contributed by atoms with Crippen LogP contribution in [0.2, 0.25) is 0 Å². The first-order valence-electron chi connectivity index (χ1n) is 6.41. The van der Waals surface area contributed by atoms with Gasteiger partial charge in [0, 0.05) is 13.8 Å². The molecule has 0 aromatic rings. The molecule has 1 rings (SSSR count). The van der Waals surface area contributed by atoms with Crippen molar-refractivity contribution < 1.29 is 37.1 Å². The molecule has 1 saturated heterocycles. The molecule has 0 saturated carbocycles. The van der Waals surface area contributed by atoms with Crippen molar-refractivity contribution in [2.45, 2.75) is 44.4 Å². The highest BCUT2D eigenvalue weighted by Crippen LogP contribution is 2.21.